The average molecular weight is 180 g/mol. The van der Waals surface area contributed by atoms with Crippen molar-refractivity contribution in [3.63, 3.8) is 0 Å². The number of nitrogens with one attached hydrogen (secondary N) is 1. The predicted molar refractivity (Wildman–Crippen MR) is 42.7 cm³/mol. The van der Waals surface area contributed by atoms with Crippen molar-refractivity contribution < 1.29 is 4.79 Å². The zero-order chi connectivity index (χ0) is 9.68. The Balaban J connectivity index is 3.09. The van der Waals surface area contributed by atoms with E-state index in [-0.39, 0.29) is 17.8 Å². The maximum atomic E-state index is 10.00. The smallest absolute Gasteiger partial charge is 0.234 e. The van der Waals surface area contributed by atoms with Gasteiger partial charge in [0.1, 0.15) is 0 Å². The Labute approximate surface area is 71.6 Å². The van der Waals surface area contributed by atoms with E-state index in [9.17, 15) is 4.79 Å². The van der Waals surface area contributed by atoms with E-state index in [1.165, 1.54) is 0 Å². The summed E-state index contributed by atoms with van der Waals surface area (Å²) in [7, 11) is 0. The van der Waals surface area contributed by atoms with Crippen molar-refractivity contribution in [2.75, 3.05) is 11.1 Å². The molecule has 0 atom stereocenters. The van der Waals surface area contributed by atoms with Crippen molar-refractivity contribution in [1.29, 1.82) is 0 Å². The van der Waals surface area contributed by atoms with Crippen molar-refractivity contribution >= 4 is 24.3 Å². The van der Waals surface area contributed by atoms with Crippen LogP contribution in [0.25, 0.3) is 10.4 Å². The quantitative estimate of drug-likeness (QED) is 0.290. The van der Waals surface area contributed by atoms with Crippen molar-refractivity contribution in [2.24, 2.45) is 5.11 Å². The van der Waals surface area contributed by atoms with E-state index >= 15 is 0 Å². The lowest BCUT2D eigenvalue weighted by atomic mass is 10.8. The lowest BCUT2D eigenvalue weighted by Gasteiger charge is -1.97. The van der Waals surface area contributed by atoms with E-state index in [4.69, 9.17) is 11.3 Å². The Kier molecular flexibility index (Phi) is 2.56. The molecule has 0 radical (unpaired) electrons. The molecule has 0 saturated carbocycles. The molecule has 1 aromatic heterocycles. The molecule has 9 nitrogen and oxygen atoms in total. The summed E-state index contributed by atoms with van der Waals surface area (Å²) in [5.74, 6) is -0.397. The molecular weight excluding hydrogens is 176 g/mol. The number of carbonyl (C=O) groups is 1. The highest BCUT2D eigenvalue weighted by molar-refractivity contribution is 5.67. The topological polar surface area (TPSA) is 143 Å². The van der Waals surface area contributed by atoms with Gasteiger partial charge in [0.15, 0.2) is 0 Å². The van der Waals surface area contributed by atoms with E-state index in [2.05, 4.69) is 30.3 Å². The molecule has 0 aliphatic rings. The molecule has 66 valence electrons. The van der Waals surface area contributed by atoms with Crippen LogP contribution in [-0.4, -0.2) is 21.4 Å². The maximum absolute atomic E-state index is 10.00. The zero-order valence-corrected chi connectivity index (χ0v) is 6.25. The standard InChI is InChI=1S/C4H4N8O/c5-2-8-3(7-1-13)10-4(9-2)11-12-6/h1H,(H3,5,7,8,9,10,13). The van der Waals surface area contributed by atoms with E-state index in [0.717, 1.165) is 0 Å². The van der Waals surface area contributed by atoms with E-state index in [0.29, 0.717) is 6.41 Å². The third-order valence-corrected chi connectivity index (χ3v) is 0.963. The van der Waals surface area contributed by atoms with Crippen LogP contribution in [0.4, 0.5) is 17.8 Å². The summed E-state index contributed by atoms with van der Waals surface area (Å²) in [5.41, 5.74) is 13.3. The fourth-order valence-corrected chi connectivity index (χ4v) is 0.583. The van der Waals surface area contributed by atoms with Crippen LogP contribution in [0.5, 0.6) is 0 Å². The molecule has 0 bridgehead atoms. The molecule has 1 heterocycles. The fraction of sp³-hybridized carbons (Fsp3) is 0. The molecule has 0 aromatic carbocycles. The summed E-state index contributed by atoms with van der Waals surface area (Å²) < 4.78 is 0. The summed E-state index contributed by atoms with van der Waals surface area (Å²) in [5, 5.41) is 5.23. The van der Waals surface area contributed by atoms with Crippen LogP contribution in [0.15, 0.2) is 5.11 Å². The lowest BCUT2D eigenvalue weighted by molar-refractivity contribution is -0.105. The minimum Gasteiger partial charge on any atom is -0.368 e. The van der Waals surface area contributed by atoms with Gasteiger partial charge in [0.25, 0.3) is 0 Å². The number of nitrogen functional groups attached to an aromatic ring is 1. The minimum absolute atomic E-state index is 0.0649. The number of hydrogen-bond donors (Lipinski definition) is 2. The highest BCUT2D eigenvalue weighted by Crippen LogP contribution is 2.08. The summed E-state index contributed by atoms with van der Waals surface area (Å²) in [6.07, 6.45) is 0.370. The van der Waals surface area contributed by atoms with Crippen molar-refractivity contribution in [2.45, 2.75) is 0 Å². The monoisotopic (exact) mass is 180 g/mol. The summed E-state index contributed by atoms with van der Waals surface area (Å²) in [6.45, 7) is 0. The first-order chi connectivity index (χ1) is 6.26. The van der Waals surface area contributed by atoms with Gasteiger partial charge in [0, 0.05) is 4.91 Å². The largest absolute Gasteiger partial charge is 0.368 e. The van der Waals surface area contributed by atoms with Gasteiger partial charge >= 0.3 is 0 Å². The molecule has 1 rings (SSSR count). The number of nitrogens with two attached hydrogens (primary N) is 1. The van der Waals surface area contributed by atoms with Crippen molar-refractivity contribution in [3.8, 4) is 0 Å². The summed E-state index contributed by atoms with van der Waals surface area (Å²) in [6, 6.07) is 0. The molecule has 0 saturated heterocycles. The minimum atomic E-state index is -0.195. The SMILES string of the molecule is [N-]=[N+]=Nc1nc(N)nc(NC=O)n1. The highest BCUT2D eigenvalue weighted by atomic mass is 16.1. The third kappa shape index (κ3) is 2.27. The number of rotatable bonds is 3. The van der Waals surface area contributed by atoms with Gasteiger partial charge in [-0.05, 0) is 10.6 Å². The first-order valence-corrected chi connectivity index (χ1v) is 3.03. The van der Waals surface area contributed by atoms with Gasteiger partial charge in [-0.2, -0.15) is 15.0 Å². The van der Waals surface area contributed by atoms with Crippen LogP contribution in [-0.2, 0) is 4.79 Å². The Morgan fingerprint density at radius 2 is 2.31 bits per heavy atom. The number of anilines is 2. The van der Waals surface area contributed by atoms with Gasteiger partial charge in [0.05, 0.1) is 0 Å². The van der Waals surface area contributed by atoms with E-state index in [1.54, 1.807) is 0 Å². The Morgan fingerprint density at radius 3 is 2.92 bits per heavy atom. The second-order valence-electron chi connectivity index (χ2n) is 1.77. The first-order valence-electron chi connectivity index (χ1n) is 3.03. The number of azide groups is 1. The van der Waals surface area contributed by atoms with Gasteiger partial charge in [-0.25, -0.2) is 0 Å². The Bertz CT molecular complexity index is 368. The number of amides is 1. The molecular formula is C4H4N8O. The second kappa shape index (κ2) is 3.83. The molecule has 1 aromatic rings. The molecule has 0 spiro atoms. The Hall–Kier alpha value is -2.41. The Morgan fingerprint density at radius 1 is 1.54 bits per heavy atom. The molecule has 0 aliphatic carbocycles. The number of carbonyl (C=O) groups excluding carboxylic acids is 1. The number of aromatic nitrogens is 3. The molecule has 0 aliphatic heterocycles. The fourth-order valence-electron chi connectivity index (χ4n) is 0.583. The van der Waals surface area contributed by atoms with Crippen LogP contribution < -0.4 is 11.1 Å². The van der Waals surface area contributed by atoms with Crippen LogP contribution in [0.3, 0.4) is 0 Å². The molecule has 3 N–H and O–H groups in total. The molecule has 0 unspecified atom stereocenters. The first kappa shape index (κ1) is 8.68. The molecule has 0 fully saturated rings. The van der Waals surface area contributed by atoms with Crippen LogP contribution in [0.1, 0.15) is 0 Å². The van der Waals surface area contributed by atoms with Gasteiger partial charge < -0.3 is 5.73 Å². The van der Waals surface area contributed by atoms with Gasteiger partial charge in [-0.15, -0.1) is 0 Å². The van der Waals surface area contributed by atoms with Gasteiger partial charge in [0.2, 0.25) is 24.3 Å². The summed E-state index contributed by atoms with van der Waals surface area (Å²) >= 11 is 0. The molecule has 9 heteroatoms. The van der Waals surface area contributed by atoms with Gasteiger partial charge in [-0.3, -0.25) is 10.1 Å². The third-order valence-electron chi connectivity index (χ3n) is 0.963. The highest BCUT2D eigenvalue weighted by Gasteiger charge is 2.00. The maximum Gasteiger partial charge on any atom is 0.234 e. The normalized spacial score (nSPS) is 8.62. The van der Waals surface area contributed by atoms with Crippen molar-refractivity contribution in [1.82, 2.24) is 15.0 Å². The molecule has 1 amide bonds. The van der Waals surface area contributed by atoms with E-state index in [1.807, 2.05) is 0 Å². The average Bonchev–Trinajstić information content (AvgIpc) is 2.04. The van der Waals surface area contributed by atoms with Crippen LogP contribution >= 0.6 is 0 Å². The lowest BCUT2D eigenvalue weighted by Crippen LogP contribution is -2.04. The van der Waals surface area contributed by atoms with Crippen LogP contribution in [0, 0.1) is 0 Å². The van der Waals surface area contributed by atoms with Crippen molar-refractivity contribution in [3.05, 3.63) is 10.4 Å². The predicted octanol–water partition coefficient (Wildman–Crippen LogP) is -0.0361. The summed E-state index contributed by atoms with van der Waals surface area (Å²) in [4.78, 5) is 23.0. The van der Waals surface area contributed by atoms with E-state index < -0.39 is 0 Å². The number of nitrogens with zero attached hydrogens (tertiary/aromatic N) is 6. The number of hydrogen-bond acceptors (Lipinski definition) is 6. The molecule has 13 heavy (non-hydrogen) atoms. The van der Waals surface area contributed by atoms with Gasteiger partial charge in [-0.1, -0.05) is 0 Å². The zero-order valence-electron chi connectivity index (χ0n) is 6.25. The second-order valence-corrected chi connectivity index (χ2v) is 1.77. The van der Waals surface area contributed by atoms with Crippen LogP contribution in [0.2, 0.25) is 0 Å².